The van der Waals surface area contributed by atoms with E-state index >= 15 is 0 Å². The van der Waals surface area contributed by atoms with Crippen LogP contribution in [-0.4, -0.2) is 18.7 Å². The molecule has 0 aromatic heterocycles. The first-order valence-electron chi connectivity index (χ1n) is 15.2. The van der Waals surface area contributed by atoms with Crippen molar-refractivity contribution in [3.63, 3.8) is 0 Å². The number of allylic oxidation sites excluding steroid dienone is 14. The van der Waals surface area contributed by atoms with Crippen LogP contribution in [0.5, 0.6) is 0 Å². The molecule has 0 saturated heterocycles. The Hall–Kier alpha value is -5.28. The zero-order valence-electron chi connectivity index (χ0n) is 27.3. The van der Waals surface area contributed by atoms with Crippen LogP contribution in [0.2, 0.25) is 0 Å². The number of rotatable bonds is 12. The fraction of sp³-hybridized carbons (Fsp3) is 0.143. The van der Waals surface area contributed by atoms with Crippen molar-refractivity contribution in [2.45, 2.75) is 34.1 Å². The molecule has 3 rings (SSSR count). The predicted molar refractivity (Wildman–Crippen MR) is 200 cm³/mol. The molecule has 3 aromatic rings. The molecule has 45 heavy (non-hydrogen) atoms. The van der Waals surface area contributed by atoms with Gasteiger partial charge in [0.25, 0.3) is 0 Å². The summed E-state index contributed by atoms with van der Waals surface area (Å²) in [5, 5.41) is 0. The SMILES string of the molecule is C=C/C=C\C(=C/C)c1cc(C(=C)/C=C\C=C/C)cc(C(/N=C(\N)c2cc(C/C(C)=C/C=C\C)cc(-c3ccccc3)c2)=N/C)c1. The second-order valence-electron chi connectivity index (χ2n) is 10.6. The van der Waals surface area contributed by atoms with Gasteiger partial charge in [-0.15, -0.1) is 0 Å². The number of nitrogens with zero attached hydrogens (tertiary/aromatic N) is 2. The second kappa shape index (κ2) is 17.7. The summed E-state index contributed by atoms with van der Waals surface area (Å²) in [7, 11) is 1.74. The Kier molecular flexibility index (Phi) is 13.5. The van der Waals surface area contributed by atoms with Crippen molar-refractivity contribution >= 4 is 22.8 Å². The van der Waals surface area contributed by atoms with Gasteiger partial charge in [0.1, 0.15) is 5.84 Å². The maximum Gasteiger partial charge on any atom is 0.156 e. The molecule has 3 nitrogen and oxygen atoms in total. The van der Waals surface area contributed by atoms with E-state index in [1.165, 1.54) is 5.57 Å². The predicted octanol–water partition coefficient (Wildman–Crippen LogP) is 10.5. The van der Waals surface area contributed by atoms with Gasteiger partial charge in [0.05, 0.1) is 0 Å². The molecule has 0 aliphatic rings. The van der Waals surface area contributed by atoms with Crippen LogP contribution in [0.15, 0.2) is 162 Å². The lowest BCUT2D eigenvalue weighted by Gasteiger charge is -2.13. The fourth-order valence-electron chi connectivity index (χ4n) is 4.82. The van der Waals surface area contributed by atoms with E-state index in [-0.39, 0.29) is 0 Å². The molecule has 0 spiro atoms. The lowest BCUT2D eigenvalue weighted by Crippen LogP contribution is -2.17. The number of amidine groups is 2. The maximum absolute atomic E-state index is 6.78. The van der Waals surface area contributed by atoms with Crippen LogP contribution in [0.1, 0.15) is 55.5 Å². The molecule has 228 valence electrons. The summed E-state index contributed by atoms with van der Waals surface area (Å²) in [6.45, 7) is 16.3. The quantitative estimate of drug-likeness (QED) is 0.127. The molecular weight excluding hydrogens is 546 g/mol. The van der Waals surface area contributed by atoms with E-state index in [1.807, 2.05) is 81.5 Å². The zero-order valence-corrected chi connectivity index (χ0v) is 27.3. The lowest BCUT2D eigenvalue weighted by molar-refractivity contribution is 1.14. The first kappa shape index (κ1) is 34.2. The number of hydrogen-bond acceptors (Lipinski definition) is 1. The molecule has 0 radical (unpaired) electrons. The summed E-state index contributed by atoms with van der Waals surface area (Å²) in [4.78, 5) is 9.50. The number of aliphatic imine (C=N–C) groups is 2. The molecule has 0 bridgehead atoms. The van der Waals surface area contributed by atoms with Crippen LogP contribution in [-0.2, 0) is 6.42 Å². The van der Waals surface area contributed by atoms with E-state index in [9.17, 15) is 0 Å². The minimum Gasteiger partial charge on any atom is -0.383 e. The lowest BCUT2D eigenvalue weighted by atomic mass is 9.95. The Bertz CT molecular complexity index is 1740. The van der Waals surface area contributed by atoms with Crippen molar-refractivity contribution in [3.05, 3.63) is 180 Å². The van der Waals surface area contributed by atoms with E-state index in [0.717, 1.165) is 56.5 Å². The van der Waals surface area contributed by atoms with Crippen LogP contribution >= 0.6 is 0 Å². The molecular formula is C42H45N3. The third-order valence-corrected chi connectivity index (χ3v) is 7.11. The zero-order chi connectivity index (χ0) is 32.6. The Balaban J connectivity index is 2.16. The Morgan fingerprint density at radius 1 is 0.778 bits per heavy atom. The van der Waals surface area contributed by atoms with Gasteiger partial charge in [0.2, 0.25) is 0 Å². The monoisotopic (exact) mass is 591 g/mol. The molecule has 0 unspecified atom stereocenters. The smallest absolute Gasteiger partial charge is 0.156 e. The summed E-state index contributed by atoms with van der Waals surface area (Å²) < 4.78 is 0. The molecule has 3 heteroatoms. The van der Waals surface area contributed by atoms with E-state index in [0.29, 0.717) is 11.7 Å². The number of nitrogens with two attached hydrogens (primary N) is 1. The van der Waals surface area contributed by atoms with Crippen molar-refractivity contribution in [1.29, 1.82) is 0 Å². The first-order valence-corrected chi connectivity index (χ1v) is 15.2. The van der Waals surface area contributed by atoms with Gasteiger partial charge >= 0.3 is 0 Å². The van der Waals surface area contributed by atoms with Crippen molar-refractivity contribution in [2.24, 2.45) is 15.7 Å². The minimum absolute atomic E-state index is 0.404. The molecule has 3 aromatic carbocycles. The van der Waals surface area contributed by atoms with Crippen molar-refractivity contribution in [1.82, 2.24) is 0 Å². The number of hydrogen-bond donors (Lipinski definition) is 1. The molecule has 0 atom stereocenters. The van der Waals surface area contributed by atoms with Gasteiger partial charge in [-0.3, -0.25) is 4.99 Å². The van der Waals surface area contributed by atoms with Gasteiger partial charge in [-0.2, -0.15) is 0 Å². The molecule has 0 amide bonds. The highest BCUT2D eigenvalue weighted by Crippen LogP contribution is 2.27. The topological polar surface area (TPSA) is 50.7 Å². The molecule has 2 N–H and O–H groups in total. The summed E-state index contributed by atoms with van der Waals surface area (Å²) in [6.07, 6.45) is 22.8. The summed E-state index contributed by atoms with van der Waals surface area (Å²) >= 11 is 0. The Morgan fingerprint density at radius 3 is 2.16 bits per heavy atom. The van der Waals surface area contributed by atoms with Crippen molar-refractivity contribution < 1.29 is 0 Å². The standard InChI is InChI=1S/C42H45N3/c1-8-12-16-20-32(6)36-27-38(34(11-4)21-14-10-3)30-40(28-36)42(44-7)45-41(43)39-26-33(24-31(5)19-13-9-2)25-37(29-39)35-22-17-15-18-23-35/h8-23,25-30H,3,6,24H2,1-2,4-5,7H3,(H2,43,44,45)/b12-8-,13-9-,20-16-,21-14-,31-19+,34-11+. The van der Waals surface area contributed by atoms with Crippen LogP contribution < -0.4 is 5.73 Å². The van der Waals surface area contributed by atoms with Crippen LogP contribution in [0.25, 0.3) is 22.3 Å². The summed E-state index contributed by atoms with van der Waals surface area (Å²) in [6, 6.07) is 23.1. The maximum atomic E-state index is 6.78. The Labute approximate surface area is 270 Å². The van der Waals surface area contributed by atoms with Gasteiger partial charge in [-0.1, -0.05) is 122 Å². The molecule has 0 fully saturated rings. The summed E-state index contributed by atoms with van der Waals surface area (Å²) in [5.74, 6) is 0.945. The number of benzene rings is 3. The van der Waals surface area contributed by atoms with E-state index in [2.05, 4.69) is 91.8 Å². The van der Waals surface area contributed by atoms with Gasteiger partial charge in [-0.05, 0) is 103 Å². The van der Waals surface area contributed by atoms with Crippen LogP contribution in [0.3, 0.4) is 0 Å². The second-order valence-corrected chi connectivity index (χ2v) is 10.6. The fourth-order valence-corrected chi connectivity index (χ4v) is 4.82. The molecule has 0 aliphatic heterocycles. The highest BCUT2D eigenvalue weighted by molar-refractivity contribution is 6.12. The Morgan fingerprint density at radius 2 is 1.49 bits per heavy atom. The van der Waals surface area contributed by atoms with Crippen molar-refractivity contribution in [3.8, 4) is 11.1 Å². The molecule has 0 aliphatic carbocycles. The average Bonchev–Trinajstić information content (AvgIpc) is 3.06. The van der Waals surface area contributed by atoms with Crippen LogP contribution in [0, 0.1) is 0 Å². The first-order chi connectivity index (χ1) is 21.8. The average molecular weight is 592 g/mol. The minimum atomic E-state index is 0.404. The molecule has 0 heterocycles. The normalized spacial score (nSPS) is 13.5. The third-order valence-electron chi connectivity index (χ3n) is 7.11. The third kappa shape index (κ3) is 10.1. The van der Waals surface area contributed by atoms with Crippen LogP contribution in [0.4, 0.5) is 0 Å². The van der Waals surface area contributed by atoms with Gasteiger partial charge in [0, 0.05) is 18.2 Å². The highest BCUT2D eigenvalue weighted by Gasteiger charge is 2.12. The van der Waals surface area contributed by atoms with E-state index in [4.69, 9.17) is 10.7 Å². The van der Waals surface area contributed by atoms with Gasteiger partial charge in [0.15, 0.2) is 5.84 Å². The highest BCUT2D eigenvalue weighted by atomic mass is 15.0. The largest absolute Gasteiger partial charge is 0.383 e. The van der Waals surface area contributed by atoms with E-state index < -0.39 is 0 Å². The van der Waals surface area contributed by atoms with E-state index in [1.54, 1.807) is 13.1 Å². The summed E-state index contributed by atoms with van der Waals surface area (Å²) in [5.41, 5.74) is 17.1. The van der Waals surface area contributed by atoms with Gasteiger partial charge < -0.3 is 5.73 Å². The molecule has 0 saturated carbocycles. The van der Waals surface area contributed by atoms with Gasteiger partial charge in [-0.25, -0.2) is 4.99 Å². The van der Waals surface area contributed by atoms with Crippen molar-refractivity contribution in [2.75, 3.05) is 7.05 Å².